The molecule has 0 aliphatic rings. The number of hydrogen-bond donors (Lipinski definition) is 0. The highest BCUT2D eigenvalue weighted by Gasteiger charge is 2.20. The van der Waals surface area contributed by atoms with E-state index < -0.39 is 0 Å². The van der Waals surface area contributed by atoms with E-state index in [9.17, 15) is 9.59 Å². The van der Waals surface area contributed by atoms with E-state index in [2.05, 4.69) is 0 Å². The average molecular weight is 377 g/mol. The number of rotatable bonds is 7. The predicted octanol–water partition coefficient (Wildman–Crippen LogP) is 3.66. The van der Waals surface area contributed by atoms with Gasteiger partial charge in [-0.15, -0.1) is 22.7 Å². The molecule has 0 amide bonds. The molecule has 132 valence electrons. The second-order valence-corrected chi connectivity index (χ2v) is 8.02. The van der Waals surface area contributed by atoms with Crippen molar-refractivity contribution in [3.05, 3.63) is 38.6 Å². The van der Waals surface area contributed by atoms with Crippen LogP contribution >= 0.6 is 22.7 Å². The van der Waals surface area contributed by atoms with Crippen molar-refractivity contribution >= 4 is 38.7 Å². The Morgan fingerprint density at radius 1 is 1.40 bits per heavy atom. The van der Waals surface area contributed by atoms with Crippen molar-refractivity contribution in [2.45, 2.75) is 33.2 Å². The van der Waals surface area contributed by atoms with Crippen LogP contribution in [-0.4, -0.2) is 29.1 Å². The largest absolute Gasteiger partial charge is 0.384 e. The third-order valence-corrected chi connectivity index (χ3v) is 5.94. The molecule has 3 aromatic heterocycles. The van der Waals surface area contributed by atoms with Gasteiger partial charge in [0.05, 0.1) is 12.0 Å². The summed E-state index contributed by atoms with van der Waals surface area (Å²) in [5.41, 5.74) is 0.910. The van der Waals surface area contributed by atoms with Gasteiger partial charge in [-0.1, -0.05) is 6.07 Å². The fourth-order valence-corrected chi connectivity index (χ4v) is 4.78. The number of carbonyl (C=O) groups is 1. The van der Waals surface area contributed by atoms with Gasteiger partial charge in [0.15, 0.2) is 0 Å². The minimum atomic E-state index is -0.0647. The lowest BCUT2D eigenvalue weighted by molar-refractivity contribution is -0.117. The molecule has 0 bridgehead atoms. The van der Waals surface area contributed by atoms with Crippen LogP contribution < -0.4 is 5.56 Å². The zero-order valence-corrected chi connectivity index (χ0v) is 16.1. The van der Waals surface area contributed by atoms with Crippen LogP contribution in [0.25, 0.3) is 20.7 Å². The molecule has 0 fully saturated rings. The average Bonchev–Trinajstić information content (AvgIpc) is 3.18. The van der Waals surface area contributed by atoms with Crippen molar-refractivity contribution in [3.8, 4) is 10.4 Å². The number of thiophene rings is 2. The zero-order valence-electron chi connectivity index (χ0n) is 14.5. The maximum atomic E-state index is 13.2. The maximum absolute atomic E-state index is 13.2. The van der Waals surface area contributed by atoms with Crippen LogP contribution in [0.5, 0.6) is 0 Å². The van der Waals surface area contributed by atoms with Gasteiger partial charge in [0.25, 0.3) is 5.56 Å². The topological polar surface area (TPSA) is 61.2 Å². The Kier molecular flexibility index (Phi) is 5.46. The first-order valence-corrected chi connectivity index (χ1v) is 9.77. The summed E-state index contributed by atoms with van der Waals surface area (Å²) in [5, 5.41) is 2.67. The molecule has 3 heterocycles. The van der Waals surface area contributed by atoms with Gasteiger partial charge < -0.3 is 4.74 Å². The van der Waals surface area contributed by atoms with Crippen molar-refractivity contribution in [1.82, 2.24) is 9.55 Å². The van der Waals surface area contributed by atoms with Crippen molar-refractivity contribution < 1.29 is 9.53 Å². The van der Waals surface area contributed by atoms with E-state index in [1.807, 2.05) is 24.4 Å². The minimum absolute atomic E-state index is 0.0599. The van der Waals surface area contributed by atoms with Crippen LogP contribution in [-0.2, 0) is 22.5 Å². The first kappa shape index (κ1) is 18.0. The molecule has 3 rings (SSSR count). The van der Waals surface area contributed by atoms with Crippen LogP contribution in [0.2, 0.25) is 0 Å². The van der Waals surface area contributed by atoms with E-state index in [4.69, 9.17) is 9.72 Å². The van der Waals surface area contributed by atoms with E-state index >= 15 is 0 Å². The number of fused-ring (bicyclic) bond motifs is 1. The molecule has 7 heteroatoms. The van der Waals surface area contributed by atoms with Crippen LogP contribution in [0.4, 0.5) is 0 Å². The summed E-state index contributed by atoms with van der Waals surface area (Å²) in [4.78, 5) is 32.3. The number of ketones is 1. The van der Waals surface area contributed by atoms with E-state index in [1.165, 1.54) is 6.92 Å². The number of carbonyl (C=O) groups excluding carboxylic acids is 1. The monoisotopic (exact) mass is 376 g/mol. The molecule has 0 radical (unpaired) electrons. The molecule has 0 saturated carbocycles. The molecule has 0 saturated heterocycles. The number of aryl methyl sites for hydroxylation is 1. The van der Waals surface area contributed by atoms with Gasteiger partial charge in [0, 0.05) is 41.8 Å². The van der Waals surface area contributed by atoms with E-state index in [0.29, 0.717) is 37.2 Å². The normalized spacial score (nSPS) is 11.3. The van der Waals surface area contributed by atoms with Gasteiger partial charge in [0.1, 0.15) is 16.4 Å². The van der Waals surface area contributed by atoms with Gasteiger partial charge in [-0.2, -0.15) is 0 Å². The number of methoxy groups -OCH3 is 1. The summed E-state index contributed by atoms with van der Waals surface area (Å²) >= 11 is 3.16. The highest BCUT2D eigenvalue weighted by molar-refractivity contribution is 7.20. The summed E-state index contributed by atoms with van der Waals surface area (Å²) < 4.78 is 6.79. The van der Waals surface area contributed by atoms with Crippen LogP contribution in [0.3, 0.4) is 0 Å². The number of aromatic nitrogens is 2. The fourth-order valence-electron chi connectivity index (χ4n) is 2.84. The molecular weight excluding hydrogens is 356 g/mol. The summed E-state index contributed by atoms with van der Waals surface area (Å²) in [6, 6.07) is 4.01. The SMILES string of the molecule is COCCc1nc2sc(C)c(-c3cccs3)c2c(=O)n1CCC(C)=O. The fraction of sp³-hybridized carbons (Fsp3) is 0.389. The molecule has 0 aliphatic carbocycles. The molecule has 0 aromatic carbocycles. The third-order valence-electron chi connectivity index (χ3n) is 4.05. The second kappa shape index (κ2) is 7.59. The van der Waals surface area contributed by atoms with Gasteiger partial charge in [-0.3, -0.25) is 14.2 Å². The van der Waals surface area contributed by atoms with Crippen LogP contribution in [0, 0.1) is 6.92 Å². The first-order valence-electron chi connectivity index (χ1n) is 8.08. The summed E-state index contributed by atoms with van der Waals surface area (Å²) in [6.07, 6.45) is 0.870. The number of hydrogen-bond acceptors (Lipinski definition) is 6. The molecule has 3 aromatic rings. The summed E-state index contributed by atoms with van der Waals surface area (Å²) in [7, 11) is 1.63. The Morgan fingerprint density at radius 2 is 2.20 bits per heavy atom. The van der Waals surface area contributed by atoms with Crippen molar-refractivity contribution in [3.63, 3.8) is 0 Å². The summed E-state index contributed by atoms with van der Waals surface area (Å²) in [5.74, 6) is 0.740. The van der Waals surface area contributed by atoms with Gasteiger partial charge >= 0.3 is 0 Å². The Labute approximate surface area is 153 Å². The van der Waals surface area contributed by atoms with Gasteiger partial charge in [0.2, 0.25) is 0 Å². The summed E-state index contributed by atoms with van der Waals surface area (Å²) in [6.45, 7) is 4.41. The van der Waals surface area contributed by atoms with E-state index in [0.717, 1.165) is 20.1 Å². The zero-order chi connectivity index (χ0) is 18.0. The van der Waals surface area contributed by atoms with Gasteiger partial charge in [-0.05, 0) is 25.3 Å². The number of Topliss-reactive ketones (excluding diaryl/α,β-unsaturated/α-hetero) is 1. The van der Waals surface area contributed by atoms with Crippen molar-refractivity contribution in [2.75, 3.05) is 13.7 Å². The molecule has 5 nitrogen and oxygen atoms in total. The Hall–Kier alpha value is -1.83. The molecule has 0 unspecified atom stereocenters. The molecule has 0 N–H and O–H groups in total. The molecule has 25 heavy (non-hydrogen) atoms. The van der Waals surface area contributed by atoms with Gasteiger partial charge in [-0.25, -0.2) is 4.98 Å². The highest BCUT2D eigenvalue weighted by atomic mass is 32.1. The second-order valence-electron chi connectivity index (χ2n) is 5.87. The van der Waals surface area contributed by atoms with Crippen LogP contribution in [0.1, 0.15) is 24.0 Å². The quantitative estimate of drug-likeness (QED) is 0.631. The number of ether oxygens (including phenoxy) is 1. The lowest BCUT2D eigenvalue weighted by Gasteiger charge is -2.12. The molecular formula is C18H20N2O3S2. The Morgan fingerprint density at radius 3 is 2.84 bits per heavy atom. The predicted molar refractivity (Wildman–Crippen MR) is 103 cm³/mol. The van der Waals surface area contributed by atoms with Crippen molar-refractivity contribution in [1.29, 1.82) is 0 Å². The number of nitrogens with zero attached hydrogens (tertiary/aromatic N) is 2. The Balaban J connectivity index is 2.22. The highest BCUT2D eigenvalue weighted by Crippen LogP contribution is 2.37. The van der Waals surface area contributed by atoms with Crippen molar-refractivity contribution in [2.24, 2.45) is 0 Å². The Bertz CT molecular complexity index is 955. The molecule has 0 aliphatic heterocycles. The molecule has 0 atom stereocenters. The minimum Gasteiger partial charge on any atom is -0.384 e. The lowest BCUT2D eigenvalue weighted by atomic mass is 10.1. The third kappa shape index (κ3) is 3.58. The van der Waals surface area contributed by atoms with Crippen LogP contribution in [0.15, 0.2) is 22.3 Å². The standard InChI is InChI=1S/C18H20N2O3S2/c1-11(21)6-8-20-14(7-9-23-3)19-17-16(18(20)22)15(12(2)25-17)13-5-4-10-24-13/h4-5,10H,6-9H2,1-3H3. The molecule has 0 spiro atoms. The van der Waals surface area contributed by atoms with E-state index in [1.54, 1.807) is 34.4 Å². The lowest BCUT2D eigenvalue weighted by Crippen LogP contribution is -2.26. The maximum Gasteiger partial charge on any atom is 0.262 e. The smallest absolute Gasteiger partial charge is 0.262 e. The van der Waals surface area contributed by atoms with E-state index in [-0.39, 0.29) is 11.3 Å². The first-order chi connectivity index (χ1) is 12.0.